The first-order valence-corrected chi connectivity index (χ1v) is 9.64. The number of rotatable bonds is 6. The molecule has 7 heteroatoms. The van der Waals surface area contributed by atoms with Gasteiger partial charge in [-0.2, -0.15) is 5.10 Å². The van der Waals surface area contributed by atoms with Gasteiger partial charge >= 0.3 is 6.03 Å². The highest BCUT2D eigenvalue weighted by molar-refractivity contribution is 5.74. The molecule has 1 N–H and O–H groups in total. The number of ether oxygens (including phenoxy) is 1. The maximum absolute atomic E-state index is 12.5. The fourth-order valence-electron chi connectivity index (χ4n) is 3.50. The minimum absolute atomic E-state index is 0.0104. The van der Waals surface area contributed by atoms with Crippen LogP contribution in [0.5, 0.6) is 0 Å². The highest BCUT2D eigenvalue weighted by atomic mass is 16.5. The number of urea groups is 1. The number of pyridine rings is 1. The molecule has 1 aliphatic heterocycles. The van der Waals surface area contributed by atoms with Gasteiger partial charge in [-0.1, -0.05) is 6.07 Å². The van der Waals surface area contributed by atoms with E-state index in [1.165, 1.54) is 0 Å². The largest absolute Gasteiger partial charge is 0.373 e. The Hall–Kier alpha value is -2.41. The van der Waals surface area contributed by atoms with Crippen molar-refractivity contribution in [3.63, 3.8) is 0 Å². The Morgan fingerprint density at radius 1 is 1.33 bits per heavy atom. The molecule has 2 aromatic heterocycles. The third-order valence-corrected chi connectivity index (χ3v) is 5.18. The summed E-state index contributed by atoms with van der Waals surface area (Å²) in [6.45, 7) is 9.49. The van der Waals surface area contributed by atoms with Gasteiger partial charge in [0.1, 0.15) is 0 Å². The van der Waals surface area contributed by atoms with Crippen molar-refractivity contribution in [3.05, 3.63) is 47.0 Å². The van der Waals surface area contributed by atoms with Crippen LogP contribution in [0.2, 0.25) is 0 Å². The molecule has 3 heterocycles. The van der Waals surface area contributed by atoms with Crippen molar-refractivity contribution < 1.29 is 9.53 Å². The molecule has 0 aromatic carbocycles. The van der Waals surface area contributed by atoms with Crippen LogP contribution >= 0.6 is 0 Å². The number of amides is 2. The summed E-state index contributed by atoms with van der Waals surface area (Å²) in [4.78, 5) is 18.5. The maximum atomic E-state index is 12.5. The van der Waals surface area contributed by atoms with Crippen LogP contribution in [0.1, 0.15) is 42.3 Å². The van der Waals surface area contributed by atoms with Crippen LogP contribution < -0.4 is 5.32 Å². The van der Waals surface area contributed by atoms with E-state index in [-0.39, 0.29) is 12.1 Å². The Labute approximate surface area is 160 Å². The lowest BCUT2D eigenvalue weighted by Crippen LogP contribution is -2.45. The quantitative estimate of drug-likeness (QED) is 0.847. The Morgan fingerprint density at radius 2 is 2.11 bits per heavy atom. The number of likely N-dealkylation sites (tertiary alicyclic amines) is 1. The molecule has 7 nitrogen and oxygen atoms in total. The van der Waals surface area contributed by atoms with Crippen LogP contribution in [-0.4, -0.2) is 44.9 Å². The lowest BCUT2D eigenvalue weighted by Gasteiger charge is -2.32. The standard InChI is InChI=1S/C20H29N5O2/c1-4-25-16(3)19(15(2)23-25)13-22-20(26)24-10-7-18(8-11-24)27-14-17-6-5-9-21-12-17/h5-6,9,12,18H,4,7-8,10-11,13-14H2,1-3H3,(H,22,26). The number of piperidine rings is 1. The van der Waals surface area contributed by atoms with E-state index in [1.807, 2.05) is 34.8 Å². The minimum atomic E-state index is -0.0104. The number of carbonyl (C=O) groups is 1. The molecule has 0 aliphatic carbocycles. The summed E-state index contributed by atoms with van der Waals surface area (Å²) in [5.74, 6) is 0. The molecule has 0 spiro atoms. The van der Waals surface area contributed by atoms with E-state index in [0.29, 0.717) is 13.2 Å². The molecular formula is C20H29N5O2. The van der Waals surface area contributed by atoms with Crippen molar-refractivity contribution in [3.8, 4) is 0 Å². The summed E-state index contributed by atoms with van der Waals surface area (Å²) in [7, 11) is 0. The molecule has 2 amide bonds. The van der Waals surface area contributed by atoms with Gasteiger partial charge in [-0.25, -0.2) is 4.79 Å². The number of carbonyl (C=O) groups excluding carboxylic acids is 1. The van der Waals surface area contributed by atoms with E-state index in [2.05, 4.69) is 29.2 Å². The van der Waals surface area contributed by atoms with Gasteiger partial charge in [-0.3, -0.25) is 9.67 Å². The second-order valence-corrected chi connectivity index (χ2v) is 6.98. The summed E-state index contributed by atoms with van der Waals surface area (Å²) < 4.78 is 7.94. The zero-order valence-corrected chi connectivity index (χ0v) is 16.4. The minimum Gasteiger partial charge on any atom is -0.373 e. The predicted molar refractivity (Wildman–Crippen MR) is 103 cm³/mol. The Balaban J connectivity index is 1.43. The molecule has 0 bridgehead atoms. The molecule has 146 valence electrons. The molecule has 0 saturated carbocycles. The first-order valence-electron chi connectivity index (χ1n) is 9.64. The SMILES string of the molecule is CCn1nc(C)c(CNC(=O)N2CCC(OCc3cccnc3)CC2)c1C. The van der Waals surface area contributed by atoms with Crippen LogP contribution in [0.15, 0.2) is 24.5 Å². The number of aromatic nitrogens is 3. The van der Waals surface area contributed by atoms with E-state index >= 15 is 0 Å². The topological polar surface area (TPSA) is 72.3 Å². The molecule has 0 radical (unpaired) electrons. The molecular weight excluding hydrogens is 342 g/mol. The average molecular weight is 371 g/mol. The summed E-state index contributed by atoms with van der Waals surface area (Å²) in [5, 5.41) is 7.55. The van der Waals surface area contributed by atoms with Gasteiger partial charge in [-0.05, 0) is 45.2 Å². The van der Waals surface area contributed by atoms with E-state index in [1.54, 1.807) is 6.20 Å². The highest BCUT2D eigenvalue weighted by Crippen LogP contribution is 2.16. The number of hydrogen-bond acceptors (Lipinski definition) is 4. The van der Waals surface area contributed by atoms with Gasteiger partial charge in [0.25, 0.3) is 0 Å². The maximum Gasteiger partial charge on any atom is 0.317 e. The second kappa shape index (κ2) is 8.99. The summed E-state index contributed by atoms with van der Waals surface area (Å²) in [5.41, 5.74) is 4.30. The zero-order valence-electron chi connectivity index (χ0n) is 16.4. The van der Waals surface area contributed by atoms with Gasteiger partial charge in [0.2, 0.25) is 0 Å². The third kappa shape index (κ3) is 4.86. The molecule has 2 aromatic rings. The van der Waals surface area contributed by atoms with E-state index in [0.717, 1.165) is 55.0 Å². The zero-order chi connectivity index (χ0) is 19.2. The van der Waals surface area contributed by atoms with Gasteiger partial charge in [0, 0.05) is 49.8 Å². The Morgan fingerprint density at radius 3 is 2.74 bits per heavy atom. The molecule has 27 heavy (non-hydrogen) atoms. The van der Waals surface area contributed by atoms with Crippen LogP contribution in [-0.2, 0) is 24.4 Å². The fraction of sp³-hybridized carbons (Fsp3) is 0.550. The highest BCUT2D eigenvalue weighted by Gasteiger charge is 2.23. The van der Waals surface area contributed by atoms with Crippen LogP contribution in [0.3, 0.4) is 0 Å². The second-order valence-electron chi connectivity index (χ2n) is 6.98. The molecule has 1 saturated heterocycles. The monoisotopic (exact) mass is 371 g/mol. The van der Waals surface area contributed by atoms with E-state index < -0.39 is 0 Å². The van der Waals surface area contributed by atoms with Crippen molar-refractivity contribution in [1.82, 2.24) is 25.0 Å². The van der Waals surface area contributed by atoms with Crippen LogP contribution in [0, 0.1) is 13.8 Å². The lowest BCUT2D eigenvalue weighted by atomic mass is 10.1. The molecule has 1 fully saturated rings. The molecule has 1 aliphatic rings. The normalized spacial score (nSPS) is 15.1. The summed E-state index contributed by atoms with van der Waals surface area (Å²) >= 11 is 0. The van der Waals surface area contributed by atoms with Gasteiger partial charge in [-0.15, -0.1) is 0 Å². The third-order valence-electron chi connectivity index (χ3n) is 5.18. The summed E-state index contributed by atoms with van der Waals surface area (Å²) in [6.07, 6.45) is 5.50. The molecule has 0 unspecified atom stereocenters. The van der Waals surface area contributed by atoms with Crippen molar-refractivity contribution in [2.24, 2.45) is 0 Å². The summed E-state index contributed by atoms with van der Waals surface area (Å²) in [6, 6.07) is 3.92. The predicted octanol–water partition coefficient (Wildman–Crippen LogP) is 2.81. The van der Waals surface area contributed by atoms with Gasteiger partial charge in [0.15, 0.2) is 0 Å². The van der Waals surface area contributed by atoms with E-state index in [4.69, 9.17) is 4.74 Å². The fourth-order valence-corrected chi connectivity index (χ4v) is 3.50. The van der Waals surface area contributed by atoms with Crippen molar-refractivity contribution in [1.29, 1.82) is 0 Å². The van der Waals surface area contributed by atoms with E-state index in [9.17, 15) is 4.79 Å². The molecule has 3 rings (SSSR count). The number of hydrogen-bond donors (Lipinski definition) is 1. The smallest absolute Gasteiger partial charge is 0.317 e. The first kappa shape index (κ1) is 19.4. The van der Waals surface area contributed by atoms with Crippen molar-refractivity contribution >= 4 is 6.03 Å². The van der Waals surface area contributed by atoms with Crippen LogP contribution in [0.4, 0.5) is 4.79 Å². The molecule has 0 atom stereocenters. The number of aryl methyl sites for hydroxylation is 2. The Bertz CT molecular complexity index is 751. The Kier molecular flexibility index (Phi) is 6.45. The van der Waals surface area contributed by atoms with Crippen molar-refractivity contribution in [2.75, 3.05) is 13.1 Å². The first-order chi connectivity index (χ1) is 13.1. The average Bonchev–Trinajstić information content (AvgIpc) is 2.98. The van der Waals surface area contributed by atoms with Gasteiger partial charge in [0.05, 0.1) is 18.4 Å². The van der Waals surface area contributed by atoms with Crippen molar-refractivity contribution in [2.45, 2.75) is 59.4 Å². The lowest BCUT2D eigenvalue weighted by molar-refractivity contribution is 0.00434. The number of nitrogens with one attached hydrogen (secondary N) is 1. The van der Waals surface area contributed by atoms with Gasteiger partial charge < -0.3 is 15.0 Å². The number of nitrogens with zero attached hydrogens (tertiary/aromatic N) is 4. The van der Waals surface area contributed by atoms with Crippen LogP contribution in [0.25, 0.3) is 0 Å².